The molecule has 0 unspecified atom stereocenters. The molecule has 0 bridgehead atoms. The summed E-state index contributed by atoms with van der Waals surface area (Å²) in [5, 5.41) is 18.6. The summed E-state index contributed by atoms with van der Waals surface area (Å²) in [5.74, 6) is -0.941. The molecule has 2 fully saturated rings. The fourth-order valence-electron chi connectivity index (χ4n) is 3.26. The van der Waals surface area contributed by atoms with Gasteiger partial charge in [-0.05, 0) is 25.7 Å². The summed E-state index contributed by atoms with van der Waals surface area (Å²) in [6, 6.07) is -0.107. The molecular weight excluding hydrogens is 234 g/mol. The fraction of sp³-hybridized carbons (Fsp3) is 0.846. The van der Waals surface area contributed by atoms with Crippen molar-refractivity contribution < 1.29 is 19.8 Å². The summed E-state index contributed by atoms with van der Waals surface area (Å²) in [6.45, 7) is 0.631. The van der Waals surface area contributed by atoms with E-state index in [0.29, 0.717) is 19.4 Å². The van der Waals surface area contributed by atoms with Crippen molar-refractivity contribution in [3.8, 4) is 0 Å². The zero-order chi connectivity index (χ0) is 13.2. The van der Waals surface area contributed by atoms with Crippen molar-refractivity contribution in [3.05, 3.63) is 0 Å². The van der Waals surface area contributed by atoms with Gasteiger partial charge in [-0.3, -0.25) is 9.59 Å². The van der Waals surface area contributed by atoms with Gasteiger partial charge < -0.3 is 15.1 Å². The van der Waals surface area contributed by atoms with Gasteiger partial charge >= 0.3 is 5.97 Å². The summed E-state index contributed by atoms with van der Waals surface area (Å²) in [6.07, 6.45) is 4.81. The third-order valence-corrected chi connectivity index (χ3v) is 4.41. The van der Waals surface area contributed by atoms with Crippen molar-refractivity contribution in [2.75, 3.05) is 13.2 Å². The lowest BCUT2D eigenvalue weighted by atomic mass is 9.82. The average Bonchev–Trinajstić information content (AvgIpc) is 2.97. The van der Waals surface area contributed by atoms with Gasteiger partial charge in [-0.1, -0.05) is 12.8 Å². The van der Waals surface area contributed by atoms with E-state index < -0.39 is 11.4 Å². The Balaban J connectivity index is 2.03. The summed E-state index contributed by atoms with van der Waals surface area (Å²) < 4.78 is 0. The zero-order valence-electron chi connectivity index (χ0n) is 10.6. The first-order chi connectivity index (χ1) is 8.59. The third-order valence-electron chi connectivity index (χ3n) is 4.41. The average molecular weight is 255 g/mol. The molecule has 2 rings (SSSR count). The highest BCUT2D eigenvalue weighted by Gasteiger charge is 2.44. The lowest BCUT2D eigenvalue weighted by Gasteiger charge is -2.29. The smallest absolute Gasteiger partial charge is 0.310 e. The number of amides is 1. The van der Waals surface area contributed by atoms with Gasteiger partial charge in [-0.15, -0.1) is 0 Å². The quantitative estimate of drug-likeness (QED) is 0.785. The number of carbonyl (C=O) groups is 2. The molecule has 0 radical (unpaired) electrons. The Morgan fingerprint density at radius 2 is 1.89 bits per heavy atom. The van der Waals surface area contributed by atoms with Crippen LogP contribution in [0.2, 0.25) is 0 Å². The molecule has 1 amide bonds. The lowest BCUT2D eigenvalue weighted by molar-refractivity contribution is -0.153. The molecule has 1 aliphatic heterocycles. The Kier molecular flexibility index (Phi) is 3.90. The molecule has 0 aromatic carbocycles. The van der Waals surface area contributed by atoms with E-state index in [4.69, 9.17) is 0 Å². The number of carboxylic acid groups (broad SMARTS) is 1. The van der Waals surface area contributed by atoms with Crippen molar-refractivity contribution in [2.45, 2.75) is 51.0 Å². The minimum absolute atomic E-state index is 0.0220. The molecule has 0 aromatic rings. The van der Waals surface area contributed by atoms with E-state index in [1.54, 1.807) is 4.90 Å². The second kappa shape index (κ2) is 5.26. The number of likely N-dealkylation sites (tertiary alicyclic amines) is 1. The van der Waals surface area contributed by atoms with Crippen LogP contribution in [0.3, 0.4) is 0 Å². The number of hydrogen-bond acceptors (Lipinski definition) is 3. The third kappa shape index (κ3) is 2.36. The standard InChI is InChI=1S/C13H21NO4/c15-9-10-4-3-7-14(10)11(16)8-13(12(17)18)5-1-2-6-13/h10,15H,1-9H2,(H,17,18)/t10-/m1/s1. The number of carboxylic acids is 1. The largest absolute Gasteiger partial charge is 0.481 e. The van der Waals surface area contributed by atoms with Crippen LogP contribution in [0, 0.1) is 5.41 Å². The molecule has 0 aromatic heterocycles. The molecule has 1 atom stereocenters. The molecule has 0 spiro atoms. The Labute approximate surface area is 107 Å². The molecule has 1 aliphatic carbocycles. The topological polar surface area (TPSA) is 77.8 Å². The second-order valence-corrected chi connectivity index (χ2v) is 5.54. The Hall–Kier alpha value is -1.10. The van der Waals surface area contributed by atoms with Gasteiger partial charge in [0, 0.05) is 13.0 Å². The van der Waals surface area contributed by atoms with E-state index >= 15 is 0 Å². The first kappa shape index (κ1) is 13.3. The van der Waals surface area contributed by atoms with Crippen LogP contribution in [0.4, 0.5) is 0 Å². The van der Waals surface area contributed by atoms with Crippen molar-refractivity contribution in [1.29, 1.82) is 0 Å². The van der Waals surface area contributed by atoms with E-state index in [1.807, 2.05) is 0 Å². The first-order valence-electron chi connectivity index (χ1n) is 6.73. The molecule has 5 nitrogen and oxygen atoms in total. The maximum absolute atomic E-state index is 12.2. The molecule has 2 N–H and O–H groups in total. The number of hydrogen-bond donors (Lipinski definition) is 2. The zero-order valence-corrected chi connectivity index (χ0v) is 10.6. The highest BCUT2D eigenvalue weighted by Crippen LogP contribution is 2.42. The van der Waals surface area contributed by atoms with Gasteiger partial charge in [0.25, 0.3) is 0 Å². The molecule has 2 aliphatic rings. The van der Waals surface area contributed by atoms with Crippen LogP contribution >= 0.6 is 0 Å². The Bertz CT molecular complexity index is 336. The molecule has 5 heteroatoms. The van der Waals surface area contributed by atoms with Gasteiger partial charge in [-0.2, -0.15) is 0 Å². The van der Waals surface area contributed by atoms with E-state index in [2.05, 4.69) is 0 Å². The van der Waals surface area contributed by atoms with Gasteiger partial charge in [0.05, 0.1) is 18.1 Å². The summed E-state index contributed by atoms with van der Waals surface area (Å²) in [7, 11) is 0. The Morgan fingerprint density at radius 3 is 2.44 bits per heavy atom. The number of aliphatic hydroxyl groups excluding tert-OH is 1. The molecule has 1 saturated heterocycles. The van der Waals surface area contributed by atoms with E-state index in [1.165, 1.54) is 0 Å². The Morgan fingerprint density at radius 1 is 1.22 bits per heavy atom. The van der Waals surface area contributed by atoms with Crippen LogP contribution < -0.4 is 0 Å². The number of nitrogens with zero attached hydrogens (tertiary/aromatic N) is 1. The van der Waals surface area contributed by atoms with Crippen LogP contribution in [0.1, 0.15) is 44.9 Å². The van der Waals surface area contributed by atoms with E-state index in [0.717, 1.165) is 25.7 Å². The van der Waals surface area contributed by atoms with Crippen molar-refractivity contribution in [1.82, 2.24) is 4.90 Å². The van der Waals surface area contributed by atoms with Crippen molar-refractivity contribution in [3.63, 3.8) is 0 Å². The summed E-state index contributed by atoms with van der Waals surface area (Å²) in [4.78, 5) is 25.3. The highest BCUT2D eigenvalue weighted by molar-refractivity contribution is 5.85. The number of rotatable bonds is 4. The second-order valence-electron chi connectivity index (χ2n) is 5.54. The molecule has 102 valence electrons. The van der Waals surface area contributed by atoms with Crippen molar-refractivity contribution >= 4 is 11.9 Å². The fourth-order valence-corrected chi connectivity index (χ4v) is 3.26. The van der Waals surface area contributed by atoms with E-state index in [-0.39, 0.29) is 25.0 Å². The maximum Gasteiger partial charge on any atom is 0.310 e. The van der Waals surface area contributed by atoms with Gasteiger partial charge in [0.1, 0.15) is 0 Å². The van der Waals surface area contributed by atoms with Crippen molar-refractivity contribution in [2.24, 2.45) is 5.41 Å². The monoisotopic (exact) mass is 255 g/mol. The molecule has 1 saturated carbocycles. The van der Waals surface area contributed by atoms with Crippen LogP contribution in [-0.2, 0) is 9.59 Å². The first-order valence-corrected chi connectivity index (χ1v) is 6.73. The number of aliphatic carboxylic acids is 1. The van der Waals surface area contributed by atoms with Gasteiger partial charge in [0.15, 0.2) is 0 Å². The van der Waals surface area contributed by atoms with E-state index in [9.17, 15) is 19.8 Å². The molecule has 18 heavy (non-hydrogen) atoms. The predicted molar refractivity (Wildman–Crippen MR) is 65.0 cm³/mol. The van der Waals surface area contributed by atoms with Gasteiger partial charge in [0.2, 0.25) is 5.91 Å². The minimum atomic E-state index is -0.848. The van der Waals surface area contributed by atoms with Crippen LogP contribution in [0.25, 0.3) is 0 Å². The highest BCUT2D eigenvalue weighted by atomic mass is 16.4. The molecular formula is C13H21NO4. The van der Waals surface area contributed by atoms with Crippen LogP contribution in [-0.4, -0.2) is 46.2 Å². The van der Waals surface area contributed by atoms with Crippen LogP contribution in [0.5, 0.6) is 0 Å². The number of carbonyl (C=O) groups excluding carboxylic acids is 1. The van der Waals surface area contributed by atoms with Gasteiger partial charge in [-0.25, -0.2) is 0 Å². The molecule has 1 heterocycles. The number of aliphatic hydroxyl groups is 1. The predicted octanol–water partition coefficient (Wildman–Crippen LogP) is 1.00. The summed E-state index contributed by atoms with van der Waals surface area (Å²) >= 11 is 0. The summed E-state index contributed by atoms with van der Waals surface area (Å²) in [5.41, 5.74) is -0.848. The normalized spacial score (nSPS) is 26.5. The maximum atomic E-state index is 12.2. The lowest BCUT2D eigenvalue weighted by Crippen LogP contribution is -2.42. The minimum Gasteiger partial charge on any atom is -0.481 e. The SMILES string of the molecule is O=C(CC1(C(=O)O)CCCC1)N1CCC[C@@H]1CO. The van der Waals surface area contributed by atoms with Crippen LogP contribution in [0.15, 0.2) is 0 Å².